The Morgan fingerprint density at radius 3 is 2.87 bits per heavy atom. The predicted molar refractivity (Wildman–Crippen MR) is 105 cm³/mol. The molecule has 0 amide bonds. The average molecular weight is 429 g/mol. The van der Waals surface area contributed by atoms with Gasteiger partial charge in [0.05, 0.1) is 25.0 Å². The van der Waals surface area contributed by atoms with Crippen molar-refractivity contribution < 1.29 is 39.1 Å². The van der Waals surface area contributed by atoms with Gasteiger partial charge >= 0.3 is 11.9 Å². The first-order valence-corrected chi connectivity index (χ1v) is 10.0. The largest absolute Gasteiger partial charge is 0.493 e. The fourth-order valence-corrected chi connectivity index (χ4v) is 5.54. The summed E-state index contributed by atoms with van der Waals surface area (Å²) in [5.74, 6) is -1.19. The first-order chi connectivity index (χ1) is 14.7. The van der Waals surface area contributed by atoms with Gasteiger partial charge in [0.2, 0.25) is 0 Å². The summed E-state index contributed by atoms with van der Waals surface area (Å²) in [7, 11) is 3.45. The molecule has 0 radical (unpaired) electrons. The molecule has 0 aromatic heterocycles. The maximum absolute atomic E-state index is 12.3. The highest BCUT2D eigenvalue weighted by molar-refractivity contribution is 5.81. The summed E-state index contributed by atoms with van der Waals surface area (Å²) in [6.45, 7) is 0. The van der Waals surface area contributed by atoms with Crippen molar-refractivity contribution in [3.63, 3.8) is 0 Å². The Balaban J connectivity index is 1.61. The lowest BCUT2D eigenvalue weighted by atomic mass is 9.52. The number of hydrogen-bond acceptors (Lipinski definition) is 8. The zero-order valence-corrected chi connectivity index (χ0v) is 17.1. The number of aliphatic hydroxyl groups is 2. The van der Waals surface area contributed by atoms with Gasteiger partial charge in [-0.2, -0.15) is 0 Å². The third kappa shape index (κ3) is 2.44. The predicted octanol–water partition coefficient (Wildman–Crippen LogP) is 0.475. The molecule has 1 aromatic carbocycles. The lowest BCUT2D eigenvalue weighted by Crippen LogP contribution is -2.71. The van der Waals surface area contributed by atoms with E-state index in [1.54, 1.807) is 6.08 Å². The molecular weight excluding hydrogens is 406 g/mol. The normalized spacial score (nSPS) is 32.5. The van der Waals surface area contributed by atoms with Crippen LogP contribution in [0.4, 0.5) is 0 Å². The molecule has 31 heavy (non-hydrogen) atoms. The maximum atomic E-state index is 12.3. The minimum atomic E-state index is -1.86. The van der Waals surface area contributed by atoms with Crippen LogP contribution >= 0.6 is 0 Å². The number of carbonyl (C=O) groups excluding carboxylic acids is 1. The lowest BCUT2D eigenvalue weighted by Gasteiger charge is -2.59. The topological polar surface area (TPSA) is 126 Å². The Hall–Kier alpha value is -3.04. The van der Waals surface area contributed by atoms with Crippen LogP contribution in [0.1, 0.15) is 24.0 Å². The molecule has 4 aliphatic rings. The van der Waals surface area contributed by atoms with Crippen LogP contribution in [0.15, 0.2) is 36.2 Å². The van der Waals surface area contributed by atoms with Crippen molar-refractivity contribution in [2.24, 2.45) is 0 Å². The number of ether oxygens (including phenoxy) is 3. The van der Waals surface area contributed by atoms with E-state index in [1.165, 1.54) is 7.11 Å². The van der Waals surface area contributed by atoms with E-state index in [0.29, 0.717) is 17.9 Å². The number of esters is 1. The monoisotopic (exact) mass is 429 g/mol. The minimum absolute atomic E-state index is 0.186. The van der Waals surface area contributed by atoms with Crippen LogP contribution in [0.2, 0.25) is 0 Å². The lowest BCUT2D eigenvalue weighted by molar-refractivity contribution is -0.156. The average Bonchev–Trinajstić information content (AvgIpc) is 3.08. The first-order valence-electron chi connectivity index (χ1n) is 10.0. The molecule has 9 nitrogen and oxygen atoms in total. The fraction of sp³-hybridized carbons (Fsp3) is 0.455. The number of likely N-dealkylation sites (N-methyl/N-ethyl adjacent to an activating group) is 1. The molecule has 0 saturated heterocycles. The number of carboxylic acids is 1. The molecule has 2 heterocycles. The van der Waals surface area contributed by atoms with Crippen molar-refractivity contribution in [3.8, 4) is 11.5 Å². The molecule has 5 rings (SSSR count). The number of hydrogen-bond donors (Lipinski definition) is 3. The Labute approximate surface area is 178 Å². The highest BCUT2D eigenvalue weighted by Crippen LogP contribution is 2.64. The van der Waals surface area contributed by atoms with Gasteiger partial charge in [-0.3, -0.25) is 4.79 Å². The van der Waals surface area contributed by atoms with Crippen molar-refractivity contribution in [1.29, 1.82) is 0 Å². The van der Waals surface area contributed by atoms with E-state index in [4.69, 9.17) is 19.3 Å². The second kappa shape index (κ2) is 6.48. The highest BCUT2D eigenvalue weighted by Gasteiger charge is 2.71. The molecule has 0 unspecified atom stereocenters. The Bertz CT molecular complexity index is 1050. The van der Waals surface area contributed by atoms with Crippen LogP contribution in [-0.2, 0) is 26.2 Å². The number of aliphatic hydroxyl groups excluding tert-OH is 1. The Morgan fingerprint density at radius 1 is 1.39 bits per heavy atom. The number of carbonyl (C=O) groups is 2. The molecule has 9 heteroatoms. The van der Waals surface area contributed by atoms with E-state index in [0.717, 1.165) is 11.1 Å². The van der Waals surface area contributed by atoms with Gasteiger partial charge < -0.3 is 34.4 Å². The van der Waals surface area contributed by atoms with Crippen LogP contribution in [0.5, 0.6) is 11.5 Å². The number of carboxylic acid groups (broad SMARTS) is 1. The van der Waals surface area contributed by atoms with Crippen molar-refractivity contribution in [2.75, 3.05) is 14.2 Å². The summed E-state index contributed by atoms with van der Waals surface area (Å²) in [6.07, 6.45) is 2.87. The summed E-state index contributed by atoms with van der Waals surface area (Å²) in [5, 5.41) is 30.4. The number of nitrogens with zero attached hydrogens (tertiary/aromatic N) is 1. The molecule has 3 N–H and O–H groups in total. The molecule has 5 atom stereocenters. The zero-order chi connectivity index (χ0) is 22.1. The zero-order valence-electron chi connectivity index (χ0n) is 17.1. The SMILES string of the molecule is COc1ccc2c3c1O[C@H]1C(OC(=O)C[C@@H](O)C(=O)O)=CC[C@@]4(O)[C@@H](C2)N(C)C=C[C@]314. The summed E-state index contributed by atoms with van der Waals surface area (Å²) < 4.78 is 17.3. The summed E-state index contributed by atoms with van der Waals surface area (Å²) in [4.78, 5) is 25.2. The second-order valence-electron chi connectivity index (χ2n) is 8.47. The smallest absolute Gasteiger partial charge is 0.333 e. The third-order valence-corrected chi connectivity index (χ3v) is 6.99. The number of aliphatic carboxylic acids is 1. The van der Waals surface area contributed by atoms with Gasteiger partial charge in [-0.25, -0.2) is 4.79 Å². The summed E-state index contributed by atoms with van der Waals surface area (Å²) in [6, 6.07) is 3.58. The Morgan fingerprint density at radius 2 is 2.16 bits per heavy atom. The fourth-order valence-electron chi connectivity index (χ4n) is 5.54. The van der Waals surface area contributed by atoms with Crippen LogP contribution in [0, 0.1) is 0 Å². The van der Waals surface area contributed by atoms with Crippen molar-refractivity contribution >= 4 is 11.9 Å². The van der Waals surface area contributed by atoms with E-state index in [-0.39, 0.29) is 18.2 Å². The standard InChI is InChI=1S/C22H23NO8/c1-23-8-7-21-17-11-3-4-13(29-2)18(17)31-19(21)14(5-6-22(21,28)15(23)9-11)30-16(25)10-12(24)20(26)27/h3-5,7-8,12,15,19,24,28H,6,9-10H2,1-2H3,(H,26,27)/t12-,15-,19+,21+,22-/m1/s1. The molecule has 164 valence electrons. The van der Waals surface area contributed by atoms with Crippen molar-refractivity contribution in [2.45, 2.75) is 48.5 Å². The number of rotatable bonds is 5. The maximum Gasteiger partial charge on any atom is 0.333 e. The highest BCUT2D eigenvalue weighted by atomic mass is 16.6. The first kappa shape index (κ1) is 19.9. The Kier molecular flexibility index (Phi) is 4.16. The minimum Gasteiger partial charge on any atom is -0.493 e. The van der Waals surface area contributed by atoms with E-state index < -0.39 is 41.6 Å². The van der Waals surface area contributed by atoms with E-state index in [1.807, 2.05) is 36.4 Å². The van der Waals surface area contributed by atoms with Crippen LogP contribution in [0.3, 0.4) is 0 Å². The third-order valence-electron chi connectivity index (χ3n) is 6.99. The van der Waals surface area contributed by atoms with Gasteiger partial charge in [0.1, 0.15) is 11.4 Å². The van der Waals surface area contributed by atoms with Gasteiger partial charge in [0.15, 0.2) is 23.7 Å². The van der Waals surface area contributed by atoms with Crippen LogP contribution in [-0.4, -0.2) is 70.2 Å². The quantitative estimate of drug-likeness (QED) is 0.573. The van der Waals surface area contributed by atoms with Crippen molar-refractivity contribution in [3.05, 3.63) is 47.4 Å². The molecule has 0 fully saturated rings. The van der Waals surface area contributed by atoms with Gasteiger partial charge in [-0.05, 0) is 30.3 Å². The number of methoxy groups -OCH3 is 1. The molecule has 2 aliphatic carbocycles. The van der Waals surface area contributed by atoms with Gasteiger partial charge in [-0.1, -0.05) is 12.1 Å². The summed E-state index contributed by atoms with van der Waals surface area (Å²) in [5.41, 5.74) is -0.343. The van der Waals surface area contributed by atoms with E-state index in [9.17, 15) is 19.8 Å². The molecule has 0 saturated carbocycles. The summed E-state index contributed by atoms with van der Waals surface area (Å²) >= 11 is 0. The van der Waals surface area contributed by atoms with Crippen molar-refractivity contribution in [1.82, 2.24) is 4.90 Å². The number of benzene rings is 1. The van der Waals surface area contributed by atoms with E-state index >= 15 is 0 Å². The van der Waals surface area contributed by atoms with E-state index in [2.05, 4.69) is 0 Å². The molecule has 2 bridgehead atoms. The molecule has 1 spiro atoms. The molecule has 2 aliphatic heterocycles. The van der Waals surface area contributed by atoms with Crippen LogP contribution in [0.25, 0.3) is 0 Å². The molecular formula is C22H23NO8. The van der Waals surface area contributed by atoms with Gasteiger partial charge in [-0.15, -0.1) is 0 Å². The second-order valence-corrected chi connectivity index (χ2v) is 8.47. The molecule has 1 aromatic rings. The van der Waals surface area contributed by atoms with Gasteiger partial charge in [0.25, 0.3) is 0 Å². The van der Waals surface area contributed by atoms with Gasteiger partial charge in [0, 0.05) is 19.0 Å². The van der Waals surface area contributed by atoms with Crippen LogP contribution < -0.4 is 9.47 Å².